The number of hydrazone groups is 1. The van der Waals surface area contributed by atoms with Crippen molar-refractivity contribution in [2.75, 3.05) is 0 Å². The second-order valence-electron chi connectivity index (χ2n) is 6.29. The fraction of sp³-hybridized carbons (Fsp3) is 0.0833. The first kappa shape index (κ1) is 19.1. The Bertz CT molecular complexity index is 944. The lowest BCUT2D eigenvalue weighted by Crippen LogP contribution is -2.17. The third-order valence-corrected chi connectivity index (χ3v) is 4.06. The van der Waals surface area contributed by atoms with Gasteiger partial charge in [-0.25, -0.2) is 5.43 Å². The molecule has 0 radical (unpaired) electrons. The Labute approximate surface area is 165 Å². The molecule has 0 atom stereocenters. The van der Waals surface area contributed by atoms with Gasteiger partial charge >= 0.3 is 0 Å². The lowest BCUT2D eigenvalue weighted by atomic mass is 10.2. The molecule has 0 aromatic heterocycles. The van der Waals surface area contributed by atoms with Gasteiger partial charge < -0.3 is 4.74 Å². The Balaban J connectivity index is 1.47. The van der Waals surface area contributed by atoms with Gasteiger partial charge in [0.25, 0.3) is 5.91 Å². The molecule has 0 fully saturated rings. The third-order valence-electron chi connectivity index (χ3n) is 4.06. The molecule has 0 heterocycles. The zero-order valence-electron chi connectivity index (χ0n) is 15.7. The Morgan fingerprint density at radius 2 is 1.68 bits per heavy atom. The maximum atomic E-state index is 12.1. The normalized spacial score (nSPS) is 11.0. The summed E-state index contributed by atoms with van der Waals surface area (Å²) in [6.07, 6.45) is 5.23. The highest BCUT2D eigenvalue weighted by Crippen LogP contribution is 2.14. The van der Waals surface area contributed by atoms with Gasteiger partial charge in [0.15, 0.2) is 0 Å². The molecule has 1 amide bonds. The number of amides is 1. The number of aryl methyl sites for hydroxylation is 1. The van der Waals surface area contributed by atoms with Gasteiger partial charge in [-0.1, -0.05) is 66.2 Å². The molecule has 0 aliphatic heterocycles. The van der Waals surface area contributed by atoms with Crippen LogP contribution in [0.5, 0.6) is 5.75 Å². The van der Waals surface area contributed by atoms with E-state index in [1.54, 1.807) is 36.6 Å². The van der Waals surface area contributed by atoms with Crippen molar-refractivity contribution in [1.82, 2.24) is 5.43 Å². The Morgan fingerprint density at radius 3 is 2.39 bits per heavy atom. The molecule has 0 saturated carbocycles. The highest BCUT2D eigenvalue weighted by atomic mass is 16.5. The average Bonchev–Trinajstić information content (AvgIpc) is 2.74. The standard InChI is InChI=1S/C24H22N2O2/c1-19-9-11-21(12-10-19)18-28-23-15-13-22(14-16-23)24(27)26-25-17-5-8-20-6-3-2-4-7-20/h2-17H,18H2,1H3,(H,26,27)/b8-5+,25-17-. The maximum absolute atomic E-state index is 12.1. The summed E-state index contributed by atoms with van der Waals surface area (Å²) in [4.78, 5) is 12.1. The van der Waals surface area contributed by atoms with Crippen LogP contribution in [0, 0.1) is 6.92 Å². The summed E-state index contributed by atoms with van der Waals surface area (Å²) in [5.41, 5.74) is 6.42. The van der Waals surface area contributed by atoms with E-state index in [0.717, 1.165) is 11.1 Å². The predicted octanol–water partition coefficient (Wildman–Crippen LogP) is 5.00. The van der Waals surface area contributed by atoms with Crippen LogP contribution in [0.3, 0.4) is 0 Å². The van der Waals surface area contributed by atoms with Gasteiger partial charge in [0.2, 0.25) is 0 Å². The number of rotatable bonds is 7. The second-order valence-corrected chi connectivity index (χ2v) is 6.29. The Kier molecular flexibility index (Phi) is 6.74. The van der Waals surface area contributed by atoms with Crippen LogP contribution in [0.1, 0.15) is 27.0 Å². The van der Waals surface area contributed by atoms with E-state index in [1.807, 2.05) is 48.5 Å². The monoisotopic (exact) mass is 370 g/mol. The lowest BCUT2D eigenvalue weighted by Gasteiger charge is -2.07. The minimum absolute atomic E-state index is 0.269. The molecule has 1 N–H and O–H groups in total. The minimum Gasteiger partial charge on any atom is -0.489 e. The van der Waals surface area contributed by atoms with Gasteiger partial charge in [0, 0.05) is 11.8 Å². The van der Waals surface area contributed by atoms with Crippen molar-refractivity contribution in [2.24, 2.45) is 5.10 Å². The van der Waals surface area contributed by atoms with Gasteiger partial charge in [0.05, 0.1) is 0 Å². The van der Waals surface area contributed by atoms with Crippen LogP contribution in [0.4, 0.5) is 0 Å². The van der Waals surface area contributed by atoms with Gasteiger partial charge in [-0.2, -0.15) is 5.10 Å². The summed E-state index contributed by atoms with van der Waals surface area (Å²) in [7, 11) is 0. The maximum Gasteiger partial charge on any atom is 0.271 e. The minimum atomic E-state index is -0.269. The van der Waals surface area contributed by atoms with Gasteiger partial charge in [-0.3, -0.25) is 4.79 Å². The number of hydrogen-bond donors (Lipinski definition) is 1. The van der Waals surface area contributed by atoms with Crippen LogP contribution in [0.2, 0.25) is 0 Å². The smallest absolute Gasteiger partial charge is 0.271 e. The van der Waals surface area contributed by atoms with Crippen molar-refractivity contribution in [3.05, 3.63) is 107 Å². The largest absolute Gasteiger partial charge is 0.489 e. The first-order chi connectivity index (χ1) is 13.7. The molecule has 0 spiro atoms. The number of ether oxygens (including phenoxy) is 1. The molecule has 0 saturated heterocycles. The predicted molar refractivity (Wildman–Crippen MR) is 113 cm³/mol. The molecule has 3 rings (SSSR count). The number of nitrogens with zero attached hydrogens (tertiary/aromatic N) is 1. The van der Waals surface area contributed by atoms with Crippen molar-refractivity contribution in [2.45, 2.75) is 13.5 Å². The molecule has 0 unspecified atom stereocenters. The number of hydrogen-bond acceptors (Lipinski definition) is 3. The second kappa shape index (κ2) is 9.88. The molecule has 3 aromatic rings. The molecular formula is C24H22N2O2. The van der Waals surface area contributed by atoms with Crippen LogP contribution >= 0.6 is 0 Å². The van der Waals surface area contributed by atoms with Crippen molar-refractivity contribution in [1.29, 1.82) is 0 Å². The molecule has 4 nitrogen and oxygen atoms in total. The molecule has 4 heteroatoms. The summed E-state index contributed by atoms with van der Waals surface area (Å²) in [6.45, 7) is 2.54. The van der Waals surface area contributed by atoms with E-state index in [4.69, 9.17) is 4.74 Å². The topological polar surface area (TPSA) is 50.7 Å². The fourth-order valence-electron chi connectivity index (χ4n) is 2.48. The van der Waals surface area contributed by atoms with Crippen LogP contribution in [-0.4, -0.2) is 12.1 Å². The molecule has 3 aromatic carbocycles. The van der Waals surface area contributed by atoms with Gasteiger partial charge in [-0.15, -0.1) is 0 Å². The van der Waals surface area contributed by atoms with E-state index in [1.165, 1.54) is 5.56 Å². The highest BCUT2D eigenvalue weighted by Gasteiger charge is 2.04. The summed E-state index contributed by atoms with van der Waals surface area (Å²) in [6, 6.07) is 25.1. The Morgan fingerprint density at radius 1 is 0.964 bits per heavy atom. The van der Waals surface area contributed by atoms with Gasteiger partial charge in [0.1, 0.15) is 12.4 Å². The number of carbonyl (C=O) groups is 1. The zero-order valence-corrected chi connectivity index (χ0v) is 15.7. The Hall–Kier alpha value is -3.66. The molecule has 0 aliphatic carbocycles. The summed E-state index contributed by atoms with van der Waals surface area (Å²) in [5, 5.41) is 3.93. The van der Waals surface area contributed by atoms with E-state index in [2.05, 4.69) is 29.6 Å². The van der Waals surface area contributed by atoms with E-state index in [-0.39, 0.29) is 5.91 Å². The summed E-state index contributed by atoms with van der Waals surface area (Å²) >= 11 is 0. The summed E-state index contributed by atoms with van der Waals surface area (Å²) in [5.74, 6) is 0.445. The number of nitrogens with one attached hydrogen (secondary N) is 1. The zero-order chi connectivity index (χ0) is 19.6. The van der Waals surface area contributed by atoms with Crippen LogP contribution in [0.25, 0.3) is 6.08 Å². The van der Waals surface area contributed by atoms with Crippen molar-refractivity contribution >= 4 is 18.2 Å². The number of allylic oxidation sites excluding steroid dienone is 1. The van der Waals surface area contributed by atoms with E-state index in [9.17, 15) is 4.79 Å². The quantitative estimate of drug-likeness (QED) is 0.470. The highest BCUT2D eigenvalue weighted by molar-refractivity contribution is 5.94. The third kappa shape index (κ3) is 5.95. The molecule has 0 bridgehead atoms. The van der Waals surface area contributed by atoms with Crippen molar-refractivity contribution < 1.29 is 9.53 Å². The van der Waals surface area contributed by atoms with E-state index < -0.39 is 0 Å². The first-order valence-electron chi connectivity index (χ1n) is 9.04. The first-order valence-corrected chi connectivity index (χ1v) is 9.04. The molecule has 140 valence electrons. The lowest BCUT2D eigenvalue weighted by molar-refractivity contribution is 0.0955. The summed E-state index contributed by atoms with van der Waals surface area (Å²) < 4.78 is 5.75. The van der Waals surface area contributed by atoms with E-state index in [0.29, 0.717) is 17.9 Å². The van der Waals surface area contributed by atoms with Crippen LogP contribution < -0.4 is 10.2 Å². The van der Waals surface area contributed by atoms with Crippen LogP contribution in [-0.2, 0) is 6.61 Å². The van der Waals surface area contributed by atoms with Crippen LogP contribution in [0.15, 0.2) is 90.0 Å². The van der Waals surface area contributed by atoms with E-state index >= 15 is 0 Å². The fourth-order valence-corrected chi connectivity index (χ4v) is 2.48. The molecule has 0 aliphatic rings. The average molecular weight is 370 g/mol. The van der Waals surface area contributed by atoms with Crippen molar-refractivity contribution in [3.8, 4) is 5.75 Å². The number of carbonyl (C=O) groups excluding carboxylic acids is 1. The number of benzene rings is 3. The SMILES string of the molecule is Cc1ccc(COc2ccc(C(=O)N/N=C\C=C\c3ccccc3)cc2)cc1. The van der Waals surface area contributed by atoms with Crippen molar-refractivity contribution in [3.63, 3.8) is 0 Å². The molecule has 28 heavy (non-hydrogen) atoms. The molecular weight excluding hydrogens is 348 g/mol. The van der Waals surface area contributed by atoms with Gasteiger partial charge in [-0.05, 0) is 48.4 Å².